The summed E-state index contributed by atoms with van der Waals surface area (Å²) in [5.74, 6) is -1.94. The molecule has 8 heteroatoms. The monoisotopic (exact) mass is 326 g/mol. The van der Waals surface area contributed by atoms with E-state index in [1.807, 2.05) is 0 Å². The molecule has 3 rings (SSSR count). The summed E-state index contributed by atoms with van der Waals surface area (Å²) in [4.78, 5) is 42.9. The number of aromatic nitrogens is 2. The van der Waals surface area contributed by atoms with E-state index in [0.717, 1.165) is 12.8 Å². The SMILES string of the molecule is O=C(O)c1cncc(NC(=O)c2ccnc(C(=O)NC3CC3)c2)c1. The van der Waals surface area contributed by atoms with Crippen LogP contribution in [0.2, 0.25) is 0 Å². The molecule has 3 N–H and O–H groups in total. The van der Waals surface area contributed by atoms with Gasteiger partial charge in [0.15, 0.2) is 0 Å². The maximum absolute atomic E-state index is 12.3. The Kier molecular flexibility index (Phi) is 4.19. The molecule has 0 aliphatic heterocycles. The highest BCUT2D eigenvalue weighted by molar-refractivity contribution is 6.06. The third kappa shape index (κ3) is 3.72. The largest absolute Gasteiger partial charge is 0.478 e. The molecule has 1 saturated carbocycles. The van der Waals surface area contributed by atoms with E-state index in [2.05, 4.69) is 20.6 Å². The molecule has 2 aromatic heterocycles. The van der Waals surface area contributed by atoms with Crippen molar-refractivity contribution < 1.29 is 19.5 Å². The molecule has 0 aromatic carbocycles. The van der Waals surface area contributed by atoms with E-state index < -0.39 is 11.9 Å². The number of pyridine rings is 2. The van der Waals surface area contributed by atoms with Gasteiger partial charge in [0.25, 0.3) is 11.8 Å². The Bertz CT molecular complexity index is 817. The Morgan fingerprint density at radius 2 is 1.88 bits per heavy atom. The van der Waals surface area contributed by atoms with Crippen LogP contribution in [0.25, 0.3) is 0 Å². The van der Waals surface area contributed by atoms with Crippen molar-refractivity contribution in [3.63, 3.8) is 0 Å². The van der Waals surface area contributed by atoms with Crippen molar-refractivity contribution in [2.75, 3.05) is 5.32 Å². The van der Waals surface area contributed by atoms with Crippen LogP contribution in [0.1, 0.15) is 44.0 Å². The number of rotatable bonds is 5. The lowest BCUT2D eigenvalue weighted by molar-refractivity contribution is 0.0695. The fourth-order valence-electron chi connectivity index (χ4n) is 2.01. The second kappa shape index (κ2) is 6.45. The average Bonchev–Trinajstić information content (AvgIpc) is 3.39. The standard InChI is InChI=1S/C16H14N4O4/c21-14(20-12-5-10(16(23)24)7-17-8-12)9-3-4-18-13(6-9)15(22)19-11-1-2-11/h3-8,11H,1-2H2,(H,19,22)(H,20,21)(H,23,24). The molecule has 1 aliphatic rings. The van der Waals surface area contributed by atoms with Gasteiger partial charge in [-0.1, -0.05) is 0 Å². The topological polar surface area (TPSA) is 121 Å². The van der Waals surface area contributed by atoms with Crippen molar-refractivity contribution in [3.05, 3.63) is 53.6 Å². The van der Waals surface area contributed by atoms with Gasteiger partial charge in [0.2, 0.25) is 0 Å². The molecular weight excluding hydrogens is 312 g/mol. The van der Waals surface area contributed by atoms with Crippen molar-refractivity contribution in [1.29, 1.82) is 0 Å². The molecule has 2 aromatic rings. The average molecular weight is 326 g/mol. The molecule has 0 atom stereocenters. The summed E-state index contributed by atoms with van der Waals surface area (Å²) in [7, 11) is 0. The van der Waals surface area contributed by atoms with E-state index in [-0.39, 0.29) is 34.5 Å². The minimum absolute atomic E-state index is 0.0352. The molecular formula is C16H14N4O4. The maximum Gasteiger partial charge on any atom is 0.337 e. The van der Waals surface area contributed by atoms with Gasteiger partial charge in [0.05, 0.1) is 17.4 Å². The Morgan fingerprint density at radius 3 is 2.58 bits per heavy atom. The van der Waals surface area contributed by atoms with E-state index in [1.165, 1.54) is 36.8 Å². The molecule has 2 amide bonds. The number of anilines is 1. The highest BCUT2D eigenvalue weighted by atomic mass is 16.4. The Hall–Kier alpha value is -3.29. The lowest BCUT2D eigenvalue weighted by atomic mass is 10.2. The van der Waals surface area contributed by atoms with E-state index in [1.54, 1.807) is 0 Å². The van der Waals surface area contributed by atoms with Crippen molar-refractivity contribution in [3.8, 4) is 0 Å². The number of nitrogens with one attached hydrogen (secondary N) is 2. The second-order valence-electron chi connectivity index (χ2n) is 5.40. The number of amides is 2. The van der Waals surface area contributed by atoms with Crippen LogP contribution < -0.4 is 10.6 Å². The first-order valence-electron chi connectivity index (χ1n) is 7.29. The number of carbonyl (C=O) groups is 3. The zero-order chi connectivity index (χ0) is 17.1. The Balaban J connectivity index is 1.73. The quantitative estimate of drug-likeness (QED) is 0.762. The lowest BCUT2D eigenvalue weighted by Crippen LogP contribution is -2.26. The van der Waals surface area contributed by atoms with Gasteiger partial charge < -0.3 is 15.7 Å². The molecule has 1 fully saturated rings. The minimum atomic E-state index is -1.14. The van der Waals surface area contributed by atoms with Crippen molar-refractivity contribution >= 4 is 23.5 Å². The summed E-state index contributed by atoms with van der Waals surface area (Å²) in [5.41, 5.74) is 0.617. The molecule has 0 radical (unpaired) electrons. The first-order valence-corrected chi connectivity index (χ1v) is 7.29. The van der Waals surface area contributed by atoms with Gasteiger partial charge in [-0.2, -0.15) is 0 Å². The summed E-state index contributed by atoms with van der Waals surface area (Å²) in [5, 5.41) is 14.3. The van der Waals surface area contributed by atoms with Crippen LogP contribution in [0.4, 0.5) is 5.69 Å². The summed E-state index contributed by atoms with van der Waals surface area (Å²) in [6.45, 7) is 0. The summed E-state index contributed by atoms with van der Waals surface area (Å²) >= 11 is 0. The fraction of sp³-hybridized carbons (Fsp3) is 0.188. The van der Waals surface area contributed by atoms with Crippen LogP contribution in [-0.4, -0.2) is 38.9 Å². The van der Waals surface area contributed by atoms with Crippen LogP contribution in [0.3, 0.4) is 0 Å². The molecule has 8 nitrogen and oxygen atoms in total. The van der Waals surface area contributed by atoms with Crippen molar-refractivity contribution in [2.45, 2.75) is 18.9 Å². The van der Waals surface area contributed by atoms with E-state index >= 15 is 0 Å². The summed E-state index contributed by atoms with van der Waals surface area (Å²) in [6.07, 6.45) is 5.82. The third-order valence-electron chi connectivity index (χ3n) is 3.41. The van der Waals surface area contributed by atoms with Gasteiger partial charge in [-0.15, -0.1) is 0 Å². The smallest absolute Gasteiger partial charge is 0.337 e. The first-order chi connectivity index (χ1) is 11.5. The van der Waals surface area contributed by atoms with Gasteiger partial charge >= 0.3 is 5.97 Å². The molecule has 0 saturated heterocycles. The number of carbonyl (C=O) groups excluding carboxylic acids is 2. The molecule has 0 bridgehead atoms. The second-order valence-corrected chi connectivity index (χ2v) is 5.40. The van der Waals surface area contributed by atoms with Crippen LogP contribution in [0, 0.1) is 0 Å². The van der Waals surface area contributed by atoms with Crippen LogP contribution in [0.15, 0.2) is 36.8 Å². The molecule has 24 heavy (non-hydrogen) atoms. The number of carboxylic acids is 1. The minimum Gasteiger partial charge on any atom is -0.478 e. The predicted octanol–water partition coefficient (Wildman–Crippen LogP) is 1.32. The van der Waals surface area contributed by atoms with E-state index in [4.69, 9.17) is 5.11 Å². The van der Waals surface area contributed by atoms with Crippen LogP contribution in [0.5, 0.6) is 0 Å². The number of carboxylic acid groups (broad SMARTS) is 1. The molecule has 0 spiro atoms. The van der Waals surface area contributed by atoms with Gasteiger partial charge in [-0.05, 0) is 31.0 Å². The first kappa shape index (κ1) is 15.6. The lowest BCUT2D eigenvalue weighted by Gasteiger charge is -2.07. The third-order valence-corrected chi connectivity index (χ3v) is 3.41. The van der Waals surface area contributed by atoms with Crippen LogP contribution in [-0.2, 0) is 0 Å². The molecule has 0 unspecified atom stereocenters. The molecule has 1 aliphatic carbocycles. The zero-order valence-corrected chi connectivity index (χ0v) is 12.5. The predicted molar refractivity (Wildman–Crippen MR) is 83.9 cm³/mol. The van der Waals surface area contributed by atoms with Gasteiger partial charge in [-0.3, -0.25) is 19.6 Å². The van der Waals surface area contributed by atoms with Gasteiger partial charge in [0.1, 0.15) is 5.69 Å². The highest BCUT2D eigenvalue weighted by Gasteiger charge is 2.24. The maximum atomic E-state index is 12.3. The Morgan fingerprint density at radius 1 is 1.08 bits per heavy atom. The van der Waals surface area contributed by atoms with Crippen molar-refractivity contribution in [1.82, 2.24) is 15.3 Å². The number of hydrogen-bond acceptors (Lipinski definition) is 5. The van der Waals surface area contributed by atoms with Crippen molar-refractivity contribution in [2.24, 2.45) is 0 Å². The Labute approximate surface area is 136 Å². The van der Waals surface area contributed by atoms with Gasteiger partial charge in [-0.25, -0.2) is 4.79 Å². The zero-order valence-electron chi connectivity index (χ0n) is 12.5. The summed E-state index contributed by atoms with van der Waals surface area (Å²) < 4.78 is 0. The number of aromatic carboxylic acids is 1. The van der Waals surface area contributed by atoms with E-state index in [9.17, 15) is 14.4 Å². The summed E-state index contributed by atoms with van der Waals surface area (Å²) in [6, 6.07) is 4.36. The molecule has 2 heterocycles. The fourth-order valence-corrected chi connectivity index (χ4v) is 2.01. The van der Waals surface area contributed by atoms with E-state index in [0.29, 0.717) is 0 Å². The van der Waals surface area contributed by atoms with Crippen LogP contribution >= 0.6 is 0 Å². The normalized spacial score (nSPS) is 13.2. The molecule has 122 valence electrons. The number of nitrogens with zero attached hydrogens (tertiary/aromatic N) is 2. The number of hydrogen-bond donors (Lipinski definition) is 3. The highest BCUT2D eigenvalue weighted by Crippen LogP contribution is 2.19. The van der Waals surface area contributed by atoms with Gasteiger partial charge in [0, 0.05) is 24.0 Å².